The molecule has 0 spiro atoms. The smallest absolute Gasteiger partial charge is 0.216 e. The van der Waals surface area contributed by atoms with Crippen LogP contribution >= 0.6 is 23.4 Å². The lowest BCUT2D eigenvalue weighted by molar-refractivity contribution is -0.118. The molecular formula is C13H15ClN4O2S. The molecule has 0 aliphatic carbocycles. The molecule has 0 aliphatic rings. The second-order valence-electron chi connectivity index (χ2n) is 4.14. The average Bonchev–Trinajstić information content (AvgIpc) is 2.92. The largest absolute Gasteiger partial charge is 0.496 e. The number of hydrogen-bond acceptors (Lipinski definition) is 5. The van der Waals surface area contributed by atoms with E-state index in [0.29, 0.717) is 34.1 Å². The van der Waals surface area contributed by atoms with E-state index in [0.717, 1.165) is 5.56 Å². The number of nitrogens with one attached hydrogen (secondary N) is 2. The van der Waals surface area contributed by atoms with Crippen molar-refractivity contribution >= 4 is 29.3 Å². The van der Waals surface area contributed by atoms with Gasteiger partial charge in [0.25, 0.3) is 0 Å². The second kappa shape index (κ2) is 7.33. The lowest BCUT2D eigenvalue weighted by Crippen LogP contribution is -2.22. The van der Waals surface area contributed by atoms with Gasteiger partial charge in [-0.3, -0.25) is 9.89 Å². The molecule has 0 fully saturated rings. The number of carbonyl (C=O) groups excluding carboxylic acids is 1. The Kier molecular flexibility index (Phi) is 5.46. The van der Waals surface area contributed by atoms with Gasteiger partial charge in [0.15, 0.2) is 5.82 Å². The molecule has 0 unspecified atom stereocenters. The van der Waals surface area contributed by atoms with Gasteiger partial charge >= 0.3 is 0 Å². The SMILES string of the molecule is COc1ccc(Cl)cc1-c1nc(SCCNC(C)=O)n[nH]1. The summed E-state index contributed by atoms with van der Waals surface area (Å²) in [5.74, 6) is 1.92. The fourth-order valence-corrected chi connectivity index (χ4v) is 2.49. The topological polar surface area (TPSA) is 79.9 Å². The Morgan fingerprint density at radius 3 is 3.05 bits per heavy atom. The van der Waals surface area contributed by atoms with Crippen molar-refractivity contribution in [2.45, 2.75) is 12.1 Å². The molecule has 0 radical (unpaired) electrons. The van der Waals surface area contributed by atoms with Crippen LogP contribution in [0.5, 0.6) is 5.75 Å². The highest BCUT2D eigenvalue weighted by Crippen LogP contribution is 2.30. The predicted octanol–water partition coefficient (Wildman–Crippen LogP) is 2.36. The Morgan fingerprint density at radius 1 is 1.52 bits per heavy atom. The van der Waals surface area contributed by atoms with Gasteiger partial charge in [-0.25, -0.2) is 4.98 Å². The van der Waals surface area contributed by atoms with Gasteiger partial charge in [-0.05, 0) is 18.2 Å². The lowest BCUT2D eigenvalue weighted by atomic mass is 10.2. The van der Waals surface area contributed by atoms with E-state index in [-0.39, 0.29) is 5.91 Å². The summed E-state index contributed by atoms with van der Waals surface area (Å²) >= 11 is 7.45. The first kappa shape index (κ1) is 15.7. The number of aromatic amines is 1. The molecular weight excluding hydrogens is 312 g/mol. The minimum atomic E-state index is -0.0464. The highest BCUT2D eigenvalue weighted by molar-refractivity contribution is 7.99. The number of methoxy groups -OCH3 is 1. The summed E-state index contributed by atoms with van der Waals surface area (Å²) in [5.41, 5.74) is 0.756. The van der Waals surface area contributed by atoms with Gasteiger partial charge in [-0.15, -0.1) is 5.10 Å². The zero-order chi connectivity index (χ0) is 15.2. The summed E-state index contributed by atoms with van der Waals surface area (Å²) in [7, 11) is 1.59. The monoisotopic (exact) mass is 326 g/mol. The third kappa shape index (κ3) is 4.37. The Hall–Kier alpha value is -1.73. The minimum Gasteiger partial charge on any atom is -0.496 e. The van der Waals surface area contributed by atoms with E-state index < -0.39 is 0 Å². The summed E-state index contributed by atoms with van der Waals surface area (Å²) in [5, 5.41) is 10.9. The van der Waals surface area contributed by atoms with Gasteiger partial charge in [0, 0.05) is 24.2 Å². The van der Waals surface area contributed by atoms with Crippen LogP contribution in [0, 0.1) is 0 Å². The number of nitrogens with zero attached hydrogens (tertiary/aromatic N) is 2. The zero-order valence-corrected chi connectivity index (χ0v) is 13.2. The van der Waals surface area contributed by atoms with E-state index in [1.165, 1.54) is 18.7 Å². The summed E-state index contributed by atoms with van der Waals surface area (Å²) in [6.07, 6.45) is 0. The van der Waals surface area contributed by atoms with Crippen LogP contribution in [0.25, 0.3) is 11.4 Å². The van der Waals surface area contributed by atoms with Crippen molar-refractivity contribution in [3.8, 4) is 17.1 Å². The van der Waals surface area contributed by atoms with Crippen molar-refractivity contribution in [1.29, 1.82) is 0 Å². The van der Waals surface area contributed by atoms with Crippen LogP contribution in [0.15, 0.2) is 23.4 Å². The molecule has 1 aromatic carbocycles. The minimum absolute atomic E-state index is 0.0464. The number of thioether (sulfide) groups is 1. The Balaban J connectivity index is 2.06. The molecule has 1 amide bonds. The molecule has 1 aromatic heterocycles. The van der Waals surface area contributed by atoms with Gasteiger partial charge in [0.2, 0.25) is 11.1 Å². The maximum Gasteiger partial charge on any atom is 0.216 e. The Labute approximate surface area is 131 Å². The number of carbonyl (C=O) groups is 1. The first-order valence-electron chi connectivity index (χ1n) is 6.23. The van der Waals surface area contributed by atoms with Gasteiger partial charge < -0.3 is 10.1 Å². The van der Waals surface area contributed by atoms with Crippen molar-refractivity contribution in [3.63, 3.8) is 0 Å². The molecule has 0 saturated carbocycles. The quantitative estimate of drug-likeness (QED) is 0.629. The normalized spacial score (nSPS) is 10.4. The van der Waals surface area contributed by atoms with Crippen LogP contribution in [0.4, 0.5) is 0 Å². The third-order valence-corrected chi connectivity index (χ3v) is 3.67. The maximum atomic E-state index is 10.8. The first-order chi connectivity index (χ1) is 10.1. The molecule has 0 aliphatic heterocycles. The van der Waals surface area contributed by atoms with Crippen molar-refractivity contribution in [2.24, 2.45) is 0 Å². The number of halogens is 1. The Morgan fingerprint density at radius 2 is 2.33 bits per heavy atom. The number of aromatic nitrogens is 3. The fraction of sp³-hybridized carbons (Fsp3) is 0.308. The van der Waals surface area contributed by atoms with Crippen LogP contribution in [-0.4, -0.2) is 40.5 Å². The van der Waals surface area contributed by atoms with Crippen molar-refractivity contribution < 1.29 is 9.53 Å². The van der Waals surface area contributed by atoms with E-state index >= 15 is 0 Å². The van der Waals surface area contributed by atoms with Crippen molar-refractivity contribution in [2.75, 3.05) is 19.4 Å². The molecule has 2 aromatic rings. The van der Waals surface area contributed by atoms with Crippen molar-refractivity contribution in [1.82, 2.24) is 20.5 Å². The van der Waals surface area contributed by atoms with Crippen LogP contribution in [-0.2, 0) is 4.79 Å². The number of rotatable bonds is 6. The maximum absolute atomic E-state index is 10.8. The number of benzene rings is 1. The molecule has 1 heterocycles. The van der Waals surface area contributed by atoms with Crippen LogP contribution in [0.3, 0.4) is 0 Å². The van der Waals surface area contributed by atoms with Gasteiger partial charge in [-0.2, -0.15) is 0 Å². The Bertz CT molecular complexity index is 632. The standard InChI is InChI=1S/C13H15ClN4O2S/c1-8(19)15-5-6-21-13-16-12(17-18-13)10-7-9(14)3-4-11(10)20-2/h3-4,7H,5-6H2,1-2H3,(H,15,19)(H,16,17,18). The summed E-state index contributed by atoms with van der Waals surface area (Å²) in [6, 6.07) is 5.31. The highest BCUT2D eigenvalue weighted by Gasteiger charge is 2.12. The van der Waals surface area contributed by atoms with Crippen LogP contribution in [0.1, 0.15) is 6.92 Å². The summed E-state index contributed by atoms with van der Waals surface area (Å²) < 4.78 is 5.29. The van der Waals surface area contributed by atoms with E-state index in [9.17, 15) is 4.79 Å². The molecule has 0 atom stereocenters. The zero-order valence-electron chi connectivity index (χ0n) is 11.6. The molecule has 8 heteroatoms. The molecule has 2 rings (SSSR count). The molecule has 112 valence electrons. The molecule has 6 nitrogen and oxygen atoms in total. The van der Waals surface area contributed by atoms with E-state index in [1.807, 2.05) is 0 Å². The summed E-state index contributed by atoms with van der Waals surface area (Å²) in [4.78, 5) is 15.2. The fourth-order valence-electron chi connectivity index (χ4n) is 1.67. The van der Waals surface area contributed by atoms with E-state index in [1.54, 1.807) is 25.3 Å². The first-order valence-corrected chi connectivity index (χ1v) is 7.60. The highest BCUT2D eigenvalue weighted by atomic mass is 35.5. The van der Waals surface area contributed by atoms with E-state index in [2.05, 4.69) is 20.5 Å². The van der Waals surface area contributed by atoms with Gasteiger partial charge in [0.05, 0.1) is 12.7 Å². The van der Waals surface area contributed by atoms with Gasteiger partial charge in [0.1, 0.15) is 5.75 Å². The molecule has 0 bridgehead atoms. The molecule has 0 saturated heterocycles. The van der Waals surface area contributed by atoms with Gasteiger partial charge in [-0.1, -0.05) is 23.4 Å². The number of amides is 1. The number of ether oxygens (including phenoxy) is 1. The van der Waals surface area contributed by atoms with Crippen LogP contribution in [0.2, 0.25) is 5.02 Å². The summed E-state index contributed by atoms with van der Waals surface area (Å²) in [6.45, 7) is 2.06. The number of hydrogen-bond donors (Lipinski definition) is 2. The van der Waals surface area contributed by atoms with E-state index in [4.69, 9.17) is 16.3 Å². The number of H-pyrrole nitrogens is 1. The average molecular weight is 327 g/mol. The predicted molar refractivity (Wildman–Crippen MR) is 82.8 cm³/mol. The second-order valence-corrected chi connectivity index (χ2v) is 5.64. The molecule has 2 N–H and O–H groups in total. The molecule has 21 heavy (non-hydrogen) atoms. The lowest BCUT2D eigenvalue weighted by Gasteiger charge is -2.05. The van der Waals surface area contributed by atoms with Crippen molar-refractivity contribution in [3.05, 3.63) is 23.2 Å². The third-order valence-electron chi connectivity index (χ3n) is 2.59. The van der Waals surface area contributed by atoms with Crippen LogP contribution < -0.4 is 10.1 Å².